The van der Waals surface area contributed by atoms with Crippen molar-refractivity contribution in [3.05, 3.63) is 23.7 Å². The fourth-order valence-electron chi connectivity index (χ4n) is 2.17. The molecular weight excluding hydrogens is 240 g/mol. The third-order valence-corrected chi connectivity index (χ3v) is 5.00. The maximum Gasteiger partial charge on any atom is 0.153 e. The number of hydrogen-bond acceptors (Lipinski definition) is 5. The quantitative estimate of drug-likeness (QED) is 0.847. The van der Waals surface area contributed by atoms with Crippen LogP contribution < -0.4 is 5.73 Å². The second-order valence-corrected chi connectivity index (χ2v) is 6.74. The first-order valence-corrected chi connectivity index (χ1v) is 7.54. The molecule has 1 saturated heterocycles. The van der Waals surface area contributed by atoms with Gasteiger partial charge in [0, 0.05) is 24.7 Å². The molecule has 1 aromatic rings. The summed E-state index contributed by atoms with van der Waals surface area (Å²) in [5.74, 6) is 1.27. The zero-order chi connectivity index (χ0) is 12.5. The molecule has 0 saturated carbocycles. The Labute approximate surface area is 101 Å². The summed E-state index contributed by atoms with van der Waals surface area (Å²) in [5, 5.41) is 0. The number of nitrogens with two attached hydrogens (primary N) is 1. The SMILES string of the molecule is CC1CS(=O)(=O)CCN1Cc1ccoc1CN. The molecule has 17 heavy (non-hydrogen) atoms. The van der Waals surface area contributed by atoms with Crippen molar-refractivity contribution in [1.29, 1.82) is 0 Å². The highest BCUT2D eigenvalue weighted by Crippen LogP contribution is 2.18. The van der Waals surface area contributed by atoms with E-state index in [0.717, 1.165) is 11.3 Å². The largest absolute Gasteiger partial charge is 0.468 e. The average molecular weight is 258 g/mol. The molecule has 1 aliphatic heterocycles. The monoisotopic (exact) mass is 258 g/mol. The molecule has 1 aliphatic rings. The molecule has 0 aliphatic carbocycles. The fourth-order valence-corrected chi connectivity index (χ4v) is 3.80. The molecular formula is C11H18N2O3S. The van der Waals surface area contributed by atoms with Crippen molar-refractivity contribution in [3.8, 4) is 0 Å². The molecule has 6 heteroatoms. The molecule has 2 heterocycles. The van der Waals surface area contributed by atoms with E-state index in [1.54, 1.807) is 6.26 Å². The van der Waals surface area contributed by atoms with Crippen molar-refractivity contribution in [2.24, 2.45) is 5.73 Å². The second kappa shape index (κ2) is 4.80. The van der Waals surface area contributed by atoms with Gasteiger partial charge in [-0.15, -0.1) is 0 Å². The highest BCUT2D eigenvalue weighted by molar-refractivity contribution is 7.91. The van der Waals surface area contributed by atoms with Crippen LogP contribution in [-0.4, -0.2) is 37.4 Å². The van der Waals surface area contributed by atoms with Crippen molar-refractivity contribution in [1.82, 2.24) is 4.90 Å². The van der Waals surface area contributed by atoms with E-state index in [1.807, 2.05) is 13.0 Å². The van der Waals surface area contributed by atoms with Crippen LogP contribution in [0.4, 0.5) is 0 Å². The maximum absolute atomic E-state index is 11.5. The molecule has 0 bridgehead atoms. The van der Waals surface area contributed by atoms with Crippen molar-refractivity contribution in [2.45, 2.75) is 26.1 Å². The van der Waals surface area contributed by atoms with E-state index in [9.17, 15) is 8.42 Å². The van der Waals surface area contributed by atoms with Gasteiger partial charge in [0.05, 0.1) is 24.3 Å². The molecule has 0 radical (unpaired) electrons. The predicted octanol–water partition coefficient (Wildman–Crippen LogP) is 0.357. The summed E-state index contributed by atoms with van der Waals surface area (Å²) < 4.78 is 28.2. The lowest BCUT2D eigenvalue weighted by molar-refractivity contribution is 0.216. The lowest BCUT2D eigenvalue weighted by Gasteiger charge is -2.32. The Kier molecular flexibility index (Phi) is 3.56. The summed E-state index contributed by atoms with van der Waals surface area (Å²) in [6.07, 6.45) is 1.63. The molecule has 1 atom stereocenters. The molecule has 2 rings (SSSR count). The Morgan fingerprint density at radius 3 is 3.00 bits per heavy atom. The van der Waals surface area contributed by atoms with Gasteiger partial charge in [-0.25, -0.2) is 8.42 Å². The highest BCUT2D eigenvalue weighted by atomic mass is 32.2. The number of furan rings is 1. The van der Waals surface area contributed by atoms with Crippen molar-refractivity contribution >= 4 is 9.84 Å². The van der Waals surface area contributed by atoms with E-state index in [-0.39, 0.29) is 17.5 Å². The second-order valence-electron chi connectivity index (χ2n) is 4.51. The summed E-state index contributed by atoms with van der Waals surface area (Å²) in [6, 6.07) is 1.95. The summed E-state index contributed by atoms with van der Waals surface area (Å²) >= 11 is 0. The third-order valence-electron chi connectivity index (χ3n) is 3.20. The highest BCUT2D eigenvalue weighted by Gasteiger charge is 2.28. The third kappa shape index (κ3) is 2.88. The molecule has 1 aromatic heterocycles. The van der Waals surface area contributed by atoms with Gasteiger partial charge in [0.15, 0.2) is 9.84 Å². The van der Waals surface area contributed by atoms with E-state index < -0.39 is 9.84 Å². The molecule has 0 amide bonds. The minimum Gasteiger partial charge on any atom is -0.468 e. The zero-order valence-electron chi connectivity index (χ0n) is 9.93. The Morgan fingerprint density at radius 1 is 1.59 bits per heavy atom. The summed E-state index contributed by atoms with van der Waals surface area (Å²) in [5.41, 5.74) is 6.62. The lowest BCUT2D eigenvalue weighted by Crippen LogP contribution is -2.46. The van der Waals surface area contributed by atoms with Gasteiger partial charge in [-0.3, -0.25) is 4.90 Å². The molecule has 2 N–H and O–H groups in total. The molecule has 0 spiro atoms. The predicted molar refractivity (Wildman–Crippen MR) is 65.1 cm³/mol. The van der Waals surface area contributed by atoms with Crippen molar-refractivity contribution < 1.29 is 12.8 Å². The van der Waals surface area contributed by atoms with E-state index >= 15 is 0 Å². The van der Waals surface area contributed by atoms with E-state index in [4.69, 9.17) is 10.2 Å². The first kappa shape index (κ1) is 12.6. The zero-order valence-corrected chi connectivity index (χ0v) is 10.7. The Bertz CT molecular complexity index is 481. The molecule has 5 nitrogen and oxygen atoms in total. The Morgan fingerprint density at radius 2 is 2.35 bits per heavy atom. The van der Waals surface area contributed by atoms with Crippen LogP contribution in [0.3, 0.4) is 0 Å². The van der Waals surface area contributed by atoms with Crippen LogP contribution in [0.2, 0.25) is 0 Å². The van der Waals surface area contributed by atoms with Crippen LogP contribution in [0.25, 0.3) is 0 Å². The van der Waals surface area contributed by atoms with Gasteiger partial charge in [0.1, 0.15) is 5.76 Å². The van der Waals surface area contributed by atoms with Gasteiger partial charge in [-0.2, -0.15) is 0 Å². The summed E-state index contributed by atoms with van der Waals surface area (Å²) in [7, 11) is -2.85. The van der Waals surface area contributed by atoms with Gasteiger partial charge in [-0.1, -0.05) is 0 Å². The Balaban J connectivity index is 2.05. The summed E-state index contributed by atoms with van der Waals surface area (Å²) in [6.45, 7) is 3.61. The van der Waals surface area contributed by atoms with E-state index in [0.29, 0.717) is 19.6 Å². The van der Waals surface area contributed by atoms with E-state index in [1.165, 1.54) is 0 Å². The van der Waals surface area contributed by atoms with Crippen LogP contribution in [0.5, 0.6) is 0 Å². The maximum atomic E-state index is 11.5. The average Bonchev–Trinajstić information content (AvgIpc) is 2.69. The van der Waals surface area contributed by atoms with Gasteiger partial charge in [0.2, 0.25) is 0 Å². The first-order valence-electron chi connectivity index (χ1n) is 5.71. The van der Waals surface area contributed by atoms with Gasteiger partial charge < -0.3 is 10.2 Å². The topological polar surface area (TPSA) is 76.5 Å². The van der Waals surface area contributed by atoms with Crippen LogP contribution >= 0.6 is 0 Å². The Hall–Kier alpha value is -0.850. The van der Waals surface area contributed by atoms with Gasteiger partial charge in [0.25, 0.3) is 0 Å². The van der Waals surface area contributed by atoms with Crippen LogP contribution in [0, 0.1) is 0 Å². The number of nitrogens with zero attached hydrogens (tertiary/aromatic N) is 1. The minimum atomic E-state index is -2.85. The van der Waals surface area contributed by atoms with Gasteiger partial charge in [-0.05, 0) is 13.0 Å². The molecule has 96 valence electrons. The lowest BCUT2D eigenvalue weighted by atomic mass is 10.2. The number of hydrogen-bond donors (Lipinski definition) is 1. The molecule has 1 unspecified atom stereocenters. The van der Waals surface area contributed by atoms with Crippen LogP contribution in [-0.2, 0) is 22.9 Å². The molecule has 0 aromatic carbocycles. The minimum absolute atomic E-state index is 0.0503. The number of sulfone groups is 1. The van der Waals surface area contributed by atoms with Crippen LogP contribution in [0.15, 0.2) is 16.7 Å². The van der Waals surface area contributed by atoms with Gasteiger partial charge >= 0.3 is 0 Å². The normalized spacial score (nSPS) is 24.9. The van der Waals surface area contributed by atoms with E-state index in [2.05, 4.69) is 4.90 Å². The van der Waals surface area contributed by atoms with Crippen molar-refractivity contribution in [2.75, 3.05) is 18.1 Å². The summed E-state index contributed by atoms with van der Waals surface area (Å²) in [4.78, 5) is 2.16. The van der Waals surface area contributed by atoms with Crippen molar-refractivity contribution in [3.63, 3.8) is 0 Å². The standard InChI is InChI=1S/C11H18N2O3S/c1-9-8-17(14,15)5-3-13(9)7-10-2-4-16-11(10)6-12/h2,4,9H,3,5-8,12H2,1H3. The first-order chi connectivity index (χ1) is 8.02. The smallest absolute Gasteiger partial charge is 0.153 e. The molecule has 1 fully saturated rings. The fraction of sp³-hybridized carbons (Fsp3) is 0.636. The number of rotatable bonds is 3. The van der Waals surface area contributed by atoms with Crippen LogP contribution in [0.1, 0.15) is 18.2 Å².